The quantitative estimate of drug-likeness (QED) is 0.228. The van der Waals surface area contributed by atoms with Crippen LogP contribution in [0.4, 0.5) is 0 Å². The lowest BCUT2D eigenvalue weighted by atomic mass is 9.75. The molecule has 0 aliphatic heterocycles. The van der Waals surface area contributed by atoms with Crippen LogP contribution in [0.15, 0.2) is 98.1 Å². The van der Waals surface area contributed by atoms with Crippen LogP contribution < -0.4 is 0 Å². The van der Waals surface area contributed by atoms with E-state index in [0.29, 0.717) is 12.5 Å². The molecule has 1 heteroatoms. The van der Waals surface area contributed by atoms with Crippen molar-refractivity contribution in [2.45, 2.75) is 51.0 Å². The maximum absolute atomic E-state index is 5.88. The molecular formula is C32H36O. The van der Waals surface area contributed by atoms with Crippen LogP contribution in [0, 0.1) is 5.92 Å². The molecule has 0 heterocycles. The Morgan fingerprint density at radius 3 is 2.15 bits per heavy atom. The monoisotopic (exact) mass is 436 g/mol. The molecule has 1 aliphatic rings. The van der Waals surface area contributed by atoms with Crippen LogP contribution >= 0.6 is 0 Å². The molecule has 1 aliphatic carbocycles. The molecule has 4 rings (SSSR count). The lowest BCUT2D eigenvalue weighted by molar-refractivity contribution is 0.125. The largest absolute Gasteiger partial charge is 0.376 e. The molecule has 0 N–H and O–H groups in total. The molecule has 0 bridgehead atoms. The van der Waals surface area contributed by atoms with Crippen LogP contribution in [0.5, 0.6) is 0 Å². The van der Waals surface area contributed by atoms with Gasteiger partial charge in [0.2, 0.25) is 0 Å². The number of benzene rings is 3. The third kappa shape index (κ3) is 6.12. The Hall–Kier alpha value is -2.90. The SMILES string of the molecule is C=CCCOCc1ccc(-c2ccc(-c3ccccc3)cc2)c(C2CCC(CC=C)CC2)c1. The number of rotatable bonds is 10. The second kappa shape index (κ2) is 11.8. The van der Waals surface area contributed by atoms with Gasteiger partial charge in [-0.05, 0) is 83.7 Å². The predicted molar refractivity (Wildman–Crippen MR) is 141 cm³/mol. The highest BCUT2D eigenvalue weighted by molar-refractivity contribution is 5.73. The molecule has 1 fully saturated rings. The van der Waals surface area contributed by atoms with E-state index < -0.39 is 0 Å². The second-order valence-electron chi connectivity index (χ2n) is 9.24. The lowest BCUT2D eigenvalue weighted by Crippen LogP contribution is -2.14. The summed E-state index contributed by atoms with van der Waals surface area (Å²) in [7, 11) is 0. The van der Waals surface area contributed by atoms with Crippen molar-refractivity contribution >= 4 is 0 Å². The minimum Gasteiger partial charge on any atom is -0.376 e. The van der Waals surface area contributed by atoms with Crippen molar-refractivity contribution in [1.82, 2.24) is 0 Å². The van der Waals surface area contributed by atoms with Crippen LogP contribution in [-0.2, 0) is 11.3 Å². The number of hydrogen-bond donors (Lipinski definition) is 0. The molecule has 0 amide bonds. The lowest BCUT2D eigenvalue weighted by Gasteiger charge is -2.30. The molecular weight excluding hydrogens is 400 g/mol. The van der Waals surface area contributed by atoms with Crippen molar-refractivity contribution in [3.8, 4) is 22.3 Å². The van der Waals surface area contributed by atoms with E-state index in [1.807, 2.05) is 6.08 Å². The molecule has 0 aromatic heterocycles. The molecule has 33 heavy (non-hydrogen) atoms. The van der Waals surface area contributed by atoms with Crippen molar-refractivity contribution in [2.75, 3.05) is 6.61 Å². The highest BCUT2D eigenvalue weighted by Gasteiger charge is 2.24. The topological polar surface area (TPSA) is 9.23 Å². The molecule has 3 aromatic carbocycles. The number of hydrogen-bond acceptors (Lipinski definition) is 1. The van der Waals surface area contributed by atoms with Crippen molar-refractivity contribution in [2.24, 2.45) is 5.92 Å². The Labute approximate surface area is 199 Å². The Morgan fingerprint density at radius 2 is 1.45 bits per heavy atom. The van der Waals surface area contributed by atoms with Gasteiger partial charge >= 0.3 is 0 Å². The number of allylic oxidation sites excluding steroid dienone is 1. The summed E-state index contributed by atoms with van der Waals surface area (Å²) in [5.74, 6) is 1.42. The molecule has 1 saturated carbocycles. The fourth-order valence-electron chi connectivity index (χ4n) is 5.08. The minimum absolute atomic E-state index is 0.614. The van der Waals surface area contributed by atoms with E-state index in [1.165, 1.54) is 59.1 Å². The van der Waals surface area contributed by atoms with Crippen molar-refractivity contribution in [3.05, 3.63) is 109 Å². The van der Waals surface area contributed by atoms with Gasteiger partial charge < -0.3 is 4.74 Å². The van der Waals surface area contributed by atoms with E-state index in [0.717, 1.165) is 25.4 Å². The first-order valence-electron chi connectivity index (χ1n) is 12.4. The van der Waals surface area contributed by atoms with Gasteiger partial charge in [0.05, 0.1) is 13.2 Å². The predicted octanol–water partition coefficient (Wildman–Crippen LogP) is 8.96. The van der Waals surface area contributed by atoms with Gasteiger partial charge in [-0.1, -0.05) is 84.9 Å². The van der Waals surface area contributed by atoms with E-state index in [-0.39, 0.29) is 0 Å². The average molecular weight is 437 g/mol. The molecule has 0 unspecified atom stereocenters. The first-order chi connectivity index (χ1) is 16.3. The molecule has 1 nitrogen and oxygen atoms in total. The summed E-state index contributed by atoms with van der Waals surface area (Å²) in [5, 5.41) is 0. The Bertz CT molecular complexity index is 1020. The van der Waals surface area contributed by atoms with Gasteiger partial charge in [-0.25, -0.2) is 0 Å². The highest BCUT2D eigenvalue weighted by atomic mass is 16.5. The minimum atomic E-state index is 0.614. The van der Waals surface area contributed by atoms with E-state index in [9.17, 15) is 0 Å². The van der Waals surface area contributed by atoms with Gasteiger partial charge in [0.15, 0.2) is 0 Å². The van der Waals surface area contributed by atoms with E-state index in [2.05, 4.69) is 92.0 Å². The van der Waals surface area contributed by atoms with Gasteiger partial charge in [-0.2, -0.15) is 0 Å². The molecule has 3 aromatic rings. The maximum Gasteiger partial charge on any atom is 0.0717 e. The normalized spacial score (nSPS) is 18.1. The summed E-state index contributed by atoms with van der Waals surface area (Å²) in [4.78, 5) is 0. The van der Waals surface area contributed by atoms with Crippen LogP contribution in [-0.4, -0.2) is 6.61 Å². The second-order valence-corrected chi connectivity index (χ2v) is 9.24. The summed E-state index contributed by atoms with van der Waals surface area (Å²) in [6, 6.07) is 26.6. The first-order valence-corrected chi connectivity index (χ1v) is 12.4. The van der Waals surface area contributed by atoms with Gasteiger partial charge in [-0.3, -0.25) is 0 Å². The summed E-state index contributed by atoms with van der Waals surface area (Å²) >= 11 is 0. The first kappa shape index (κ1) is 23.3. The highest BCUT2D eigenvalue weighted by Crippen LogP contribution is 2.41. The number of ether oxygens (including phenoxy) is 1. The average Bonchev–Trinajstić information content (AvgIpc) is 2.88. The third-order valence-electron chi connectivity index (χ3n) is 6.94. The summed E-state index contributed by atoms with van der Waals surface area (Å²) < 4.78 is 5.88. The van der Waals surface area contributed by atoms with Crippen LogP contribution in [0.25, 0.3) is 22.3 Å². The van der Waals surface area contributed by atoms with Gasteiger partial charge in [0, 0.05) is 0 Å². The smallest absolute Gasteiger partial charge is 0.0717 e. The van der Waals surface area contributed by atoms with Crippen LogP contribution in [0.2, 0.25) is 0 Å². The standard InChI is InChI=1S/C32H36O/c1-3-5-22-33-24-26-14-21-31(32(23-26)30-15-12-25(9-4-2)13-16-30)29-19-17-28(18-20-29)27-10-7-6-8-11-27/h3-4,6-8,10-11,14,17-21,23,25,30H,1-2,5,9,12-13,15-16,22,24H2. The summed E-state index contributed by atoms with van der Waals surface area (Å²) in [6.45, 7) is 9.13. The zero-order chi connectivity index (χ0) is 22.9. The Kier molecular flexibility index (Phi) is 8.33. The van der Waals surface area contributed by atoms with E-state index in [1.54, 1.807) is 0 Å². The third-order valence-corrected chi connectivity index (χ3v) is 6.94. The zero-order valence-electron chi connectivity index (χ0n) is 19.7. The Morgan fingerprint density at radius 1 is 0.758 bits per heavy atom. The van der Waals surface area contributed by atoms with E-state index in [4.69, 9.17) is 4.74 Å². The molecule has 0 spiro atoms. The molecule has 0 atom stereocenters. The van der Waals surface area contributed by atoms with Gasteiger partial charge in [0.25, 0.3) is 0 Å². The van der Waals surface area contributed by atoms with E-state index >= 15 is 0 Å². The maximum atomic E-state index is 5.88. The summed E-state index contributed by atoms with van der Waals surface area (Å²) in [6.07, 6.45) is 11.2. The van der Waals surface area contributed by atoms with Crippen molar-refractivity contribution in [1.29, 1.82) is 0 Å². The molecule has 0 saturated heterocycles. The van der Waals surface area contributed by atoms with Gasteiger partial charge in [0.1, 0.15) is 0 Å². The summed E-state index contributed by atoms with van der Waals surface area (Å²) in [5.41, 5.74) is 7.96. The Balaban J connectivity index is 1.59. The fraction of sp³-hybridized carbons (Fsp3) is 0.312. The fourth-order valence-corrected chi connectivity index (χ4v) is 5.08. The van der Waals surface area contributed by atoms with Crippen molar-refractivity contribution < 1.29 is 4.74 Å². The molecule has 0 radical (unpaired) electrons. The van der Waals surface area contributed by atoms with Crippen LogP contribution in [0.1, 0.15) is 55.6 Å². The molecule has 170 valence electrons. The van der Waals surface area contributed by atoms with Crippen molar-refractivity contribution in [3.63, 3.8) is 0 Å². The zero-order valence-corrected chi connectivity index (χ0v) is 19.7. The van der Waals surface area contributed by atoms with Gasteiger partial charge in [-0.15, -0.1) is 13.2 Å². The van der Waals surface area contributed by atoms with Crippen LogP contribution in [0.3, 0.4) is 0 Å².